The molecule has 3 rings (SSSR count). The van der Waals surface area contributed by atoms with Gasteiger partial charge in [0.15, 0.2) is 0 Å². The molecular formula is C21H26ClN3O2. The Bertz CT molecular complexity index is 758. The van der Waals surface area contributed by atoms with Crippen LogP contribution in [-0.2, 0) is 0 Å². The molecule has 1 N–H and O–H groups in total. The fourth-order valence-electron chi connectivity index (χ4n) is 3.33. The molecule has 6 heteroatoms. The van der Waals surface area contributed by atoms with Crippen LogP contribution in [0.25, 0.3) is 0 Å². The molecular weight excluding hydrogens is 362 g/mol. The number of ether oxygens (including phenoxy) is 1. The van der Waals surface area contributed by atoms with E-state index in [1.165, 1.54) is 0 Å². The summed E-state index contributed by atoms with van der Waals surface area (Å²) >= 11 is 6.06. The molecule has 1 heterocycles. The lowest BCUT2D eigenvalue weighted by Gasteiger charge is -2.38. The molecule has 1 aliphatic rings. The standard InChI is InChI=1S/C21H26ClN3O2/c1-24-10-12-25(13-11-24)20(16-6-8-18(22)9-7-16)15-23-21(26)17-4-3-5-19(14-17)27-2/h3-9,14,20H,10-13,15H2,1-2H3,(H,23,26). The molecule has 144 valence electrons. The van der Waals surface area contributed by atoms with Crippen LogP contribution in [0.2, 0.25) is 5.02 Å². The number of halogens is 1. The number of piperazine rings is 1. The van der Waals surface area contributed by atoms with E-state index in [9.17, 15) is 4.79 Å². The van der Waals surface area contributed by atoms with Crippen molar-refractivity contribution in [1.82, 2.24) is 15.1 Å². The molecule has 1 aliphatic heterocycles. The van der Waals surface area contributed by atoms with E-state index in [0.717, 1.165) is 36.8 Å². The van der Waals surface area contributed by atoms with Gasteiger partial charge in [-0.05, 0) is 42.9 Å². The van der Waals surface area contributed by atoms with Gasteiger partial charge in [-0.3, -0.25) is 9.69 Å². The van der Waals surface area contributed by atoms with Crippen molar-refractivity contribution in [2.75, 3.05) is 46.9 Å². The van der Waals surface area contributed by atoms with Crippen molar-refractivity contribution < 1.29 is 9.53 Å². The third kappa shape index (κ3) is 5.22. The zero-order valence-corrected chi connectivity index (χ0v) is 16.6. The van der Waals surface area contributed by atoms with Gasteiger partial charge in [-0.2, -0.15) is 0 Å². The summed E-state index contributed by atoms with van der Waals surface area (Å²) in [5.41, 5.74) is 1.76. The summed E-state index contributed by atoms with van der Waals surface area (Å²) in [6.07, 6.45) is 0. The summed E-state index contributed by atoms with van der Waals surface area (Å²) in [5, 5.41) is 3.81. The van der Waals surface area contributed by atoms with E-state index >= 15 is 0 Å². The van der Waals surface area contributed by atoms with Gasteiger partial charge in [0.05, 0.1) is 13.2 Å². The Hall–Kier alpha value is -2.08. The number of methoxy groups -OCH3 is 1. The van der Waals surface area contributed by atoms with Gasteiger partial charge >= 0.3 is 0 Å². The summed E-state index contributed by atoms with van der Waals surface area (Å²) in [4.78, 5) is 17.4. The number of hydrogen-bond acceptors (Lipinski definition) is 4. The first-order valence-corrected chi connectivity index (χ1v) is 9.55. The van der Waals surface area contributed by atoms with Crippen LogP contribution in [0.4, 0.5) is 0 Å². The second-order valence-electron chi connectivity index (χ2n) is 6.85. The summed E-state index contributed by atoms with van der Waals surface area (Å²) in [7, 11) is 3.74. The molecule has 27 heavy (non-hydrogen) atoms. The minimum atomic E-state index is -0.0954. The second-order valence-corrected chi connectivity index (χ2v) is 7.29. The molecule has 0 aliphatic carbocycles. The number of carbonyl (C=O) groups is 1. The first kappa shape index (κ1) is 19.7. The van der Waals surface area contributed by atoms with Crippen LogP contribution < -0.4 is 10.1 Å². The average Bonchev–Trinajstić information content (AvgIpc) is 2.70. The Morgan fingerprint density at radius 3 is 2.52 bits per heavy atom. The molecule has 0 saturated carbocycles. The number of carbonyl (C=O) groups excluding carboxylic acids is 1. The predicted molar refractivity (Wildman–Crippen MR) is 109 cm³/mol. The summed E-state index contributed by atoms with van der Waals surface area (Å²) in [5.74, 6) is 0.581. The number of hydrogen-bond donors (Lipinski definition) is 1. The van der Waals surface area contributed by atoms with Crippen molar-refractivity contribution in [2.45, 2.75) is 6.04 Å². The van der Waals surface area contributed by atoms with Gasteiger partial charge in [0.25, 0.3) is 5.91 Å². The van der Waals surface area contributed by atoms with E-state index < -0.39 is 0 Å². The van der Waals surface area contributed by atoms with Crippen LogP contribution in [0.15, 0.2) is 48.5 Å². The summed E-state index contributed by atoms with van der Waals surface area (Å²) < 4.78 is 5.21. The Morgan fingerprint density at radius 1 is 1.15 bits per heavy atom. The molecule has 2 aromatic rings. The highest BCUT2D eigenvalue weighted by atomic mass is 35.5. The first-order chi connectivity index (χ1) is 13.1. The van der Waals surface area contributed by atoms with Crippen molar-refractivity contribution >= 4 is 17.5 Å². The topological polar surface area (TPSA) is 44.8 Å². The maximum atomic E-state index is 12.6. The minimum Gasteiger partial charge on any atom is -0.497 e. The normalized spacial score (nSPS) is 16.7. The van der Waals surface area contributed by atoms with Crippen LogP contribution in [-0.4, -0.2) is 62.6 Å². The molecule has 1 unspecified atom stereocenters. The van der Waals surface area contributed by atoms with Gasteiger partial charge in [0, 0.05) is 43.3 Å². The van der Waals surface area contributed by atoms with Crippen molar-refractivity contribution in [3.63, 3.8) is 0 Å². The number of nitrogens with one attached hydrogen (secondary N) is 1. The SMILES string of the molecule is COc1cccc(C(=O)NCC(c2ccc(Cl)cc2)N2CCN(C)CC2)c1. The maximum Gasteiger partial charge on any atom is 0.251 e. The highest BCUT2D eigenvalue weighted by Gasteiger charge is 2.24. The Balaban J connectivity index is 1.72. The highest BCUT2D eigenvalue weighted by Crippen LogP contribution is 2.23. The van der Waals surface area contributed by atoms with E-state index in [1.807, 2.05) is 36.4 Å². The van der Waals surface area contributed by atoms with E-state index in [4.69, 9.17) is 16.3 Å². The maximum absolute atomic E-state index is 12.6. The number of likely N-dealkylation sites (N-methyl/N-ethyl adjacent to an activating group) is 1. The summed E-state index contributed by atoms with van der Waals surface area (Å²) in [6.45, 7) is 4.53. The van der Waals surface area contributed by atoms with Crippen molar-refractivity contribution in [1.29, 1.82) is 0 Å². The van der Waals surface area contributed by atoms with Crippen molar-refractivity contribution in [3.05, 3.63) is 64.7 Å². The summed E-state index contributed by atoms with van der Waals surface area (Å²) in [6, 6.07) is 15.2. The Morgan fingerprint density at radius 2 is 1.85 bits per heavy atom. The van der Waals surface area contributed by atoms with Gasteiger partial charge in [-0.1, -0.05) is 29.8 Å². The van der Waals surface area contributed by atoms with E-state index in [1.54, 1.807) is 19.2 Å². The molecule has 5 nitrogen and oxygen atoms in total. The van der Waals surface area contributed by atoms with Crippen LogP contribution >= 0.6 is 11.6 Å². The smallest absolute Gasteiger partial charge is 0.251 e. The fourth-order valence-corrected chi connectivity index (χ4v) is 3.46. The number of benzene rings is 2. The molecule has 0 spiro atoms. The van der Waals surface area contributed by atoms with Crippen molar-refractivity contribution in [3.8, 4) is 5.75 Å². The highest BCUT2D eigenvalue weighted by molar-refractivity contribution is 6.30. The molecule has 1 saturated heterocycles. The molecule has 0 radical (unpaired) electrons. The molecule has 1 atom stereocenters. The monoisotopic (exact) mass is 387 g/mol. The zero-order chi connectivity index (χ0) is 19.2. The van der Waals surface area contributed by atoms with E-state index in [0.29, 0.717) is 17.9 Å². The van der Waals surface area contributed by atoms with Gasteiger partial charge in [0.1, 0.15) is 5.75 Å². The van der Waals surface area contributed by atoms with Gasteiger partial charge < -0.3 is 15.0 Å². The van der Waals surface area contributed by atoms with Gasteiger partial charge in [-0.25, -0.2) is 0 Å². The van der Waals surface area contributed by atoms with E-state index in [2.05, 4.69) is 22.2 Å². The predicted octanol–water partition coefficient (Wildman–Crippen LogP) is 3.07. The molecule has 2 aromatic carbocycles. The van der Waals surface area contributed by atoms with E-state index in [-0.39, 0.29) is 11.9 Å². The second kappa shape index (κ2) is 9.22. The lowest BCUT2D eigenvalue weighted by Crippen LogP contribution is -2.48. The van der Waals surface area contributed by atoms with Crippen LogP contribution in [0.5, 0.6) is 5.75 Å². The van der Waals surface area contributed by atoms with Crippen LogP contribution in [0, 0.1) is 0 Å². The lowest BCUT2D eigenvalue weighted by atomic mass is 10.0. The largest absolute Gasteiger partial charge is 0.497 e. The van der Waals surface area contributed by atoms with Crippen molar-refractivity contribution in [2.24, 2.45) is 0 Å². The lowest BCUT2D eigenvalue weighted by molar-refractivity contribution is 0.0886. The van der Waals surface area contributed by atoms with Gasteiger partial charge in [0.2, 0.25) is 0 Å². The quantitative estimate of drug-likeness (QED) is 0.827. The number of rotatable bonds is 6. The third-order valence-electron chi connectivity index (χ3n) is 5.02. The molecule has 1 amide bonds. The van der Waals surface area contributed by atoms with Gasteiger partial charge in [-0.15, -0.1) is 0 Å². The Labute approximate surface area is 165 Å². The molecule has 0 aromatic heterocycles. The fraction of sp³-hybridized carbons (Fsp3) is 0.381. The molecule has 0 bridgehead atoms. The average molecular weight is 388 g/mol. The molecule has 1 fully saturated rings. The Kier molecular flexibility index (Phi) is 6.72. The first-order valence-electron chi connectivity index (χ1n) is 9.17. The third-order valence-corrected chi connectivity index (χ3v) is 5.27. The number of nitrogens with zero attached hydrogens (tertiary/aromatic N) is 2. The van der Waals surface area contributed by atoms with Crippen LogP contribution in [0.1, 0.15) is 22.0 Å². The minimum absolute atomic E-state index is 0.0954. The zero-order valence-electron chi connectivity index (χ0n) is 15.8. The number of amides is 1. The van der Waals surface area contributed by atoms with Crippen LogP contribution in [0.3, 0.4) is 0 Å².